The van der Waals surface area contributed by atoms with Crippen molar-refractivity contribution in [3.05, 3.63) is 83.2 Å². The van der Waals surface area contributed by atoms with Gasteiger partial charge in [0.2, 0.25) is 5.91 Å². The monoisotopic (exact) mass is 492 g/mol. The van der Waals surface area contributed by atoms with Gasteiger partial charge in [-0.15, -0.1) is 16.8 Å². The van der Waals surface area contributed by atoms with Crippen LogP contribution >= 0.6 is 23.4 Å². The molecule has 1 saturated carbocycles. The zero-order chi connectivity index (χ0) is 23.6. The second-order valence-electron chi connectivity index (χ2n) is 7.60. The highest BCUT2D eigenvalue weighted by Crippen LogP contribution is 2.42. The predicted octanol–water partition coefficient (Wildman–Crippen LogP) is 6.49. The molecule has 0 bridgehead atoms. The molecule has 5 nitrogen and oxygen atoms in total. The lowest BCUT2D eigenvalue weighted by atomic mass is 10.1. The van der Waals surface area contributed by atoms with Crippen molar-refractivity contribution in [2.75, 3.05) is 5.32 Å². The van der Waals surface area contributed by atoms with Gasteiger partial charge >= 0.3 is 6.18 Å². The van der Waals surface area contributed by atoms with Crippen LogP contribution in [0.1, 0.15) is 41.0 Å². The summed E-state index contributed by atoms with van der Waals surface area (Å²) in [6.07, 6.45) is -0.809. The number of thioether (sulfide) groups is 1. The Balaban J connectivity index is 1.64. The molecule has 0 saturated heterocycles. The first-order valence-corrected chi connectivity index (χ1v) is 11.5. The Bertz CT molecular complexity index is 1160. The Morgan fingerprint density at radius 3 is 2.61 bits per heavy atom. The van der Waals surface area contributed by atoms with Crippen LogP contribution in [0.3, 0.4) is 0 Å². The van der Waals surface area contributed by atoms with Crippen molar-refractivity contribution in [2.45, 2.75) is 41.9 Å². The van der Waals surface area contributed by atoms with Gasteiger partial charge in [0.25, 0.3) is 0 Å². The molecule has 1 aliphatic rings. The van der Waals surface area contributed by atoms with Crippen LogP contribution in [-0.4, -0.2) is 20.7 Å². The maximum Gasteiger partial charge on any atom is 0.417 e. The average Bonchev–Trinajstić information content (AvgIpc) is 3.55. The molecule has 1 amide bonds. The van der Waals surface area contributed by atoms with Crippen molar-refractivity contribution in [3.8, 4) is 0 Å². The summed E-state index contributed by atoms with van der Waals surface area (Å²) in [6, 6.07) is 12.3. The topological polar surface area (TPSA) is 59.8 Å². The fourth-order valence-corrected chi connectivity index (χ4v) is 4.64. The minimum Gasteiger partial charge on any atom is -0.325 e. The molecule has 1 fully saturated rings. The Morgan fingerprint density at radius 1 is 1.24 bits per heavy atom. The van der Waals surface area contributed by atoms with Crippen molar-refractivity contribution in [1.29, 1.82) is 0 Å². The maximum atomic E-state index is 13.3. The normalized spacial score (nSPS) is 14.7. The van der Waals surface area contributed by atoms with Crippen LogP contribution in [0.5, 0.6) is 0 Å². The third-order valence-electron chi connectivity index (χ3n) is 5.10. The lowest BCUT2D eigenvalue weighted by Gasteiger charge is -2.18. The molecule has 1 aromatic heterocycles. The number of benzene rings is 2. The third-order valence-corrected chi connectivity index (χ3v) is 6.67. The number of rotatable bonds is 8. The Hall–Kier alpha value is -2.78. The summed E-state index contributed by atoms with van der Waals surface area (Å²) in [5.74, 6) is 0.727. The van der Waals surface area contributed by atoms with Gasteiger partial charge in [-0.05, 0) is 36.6 Å². The van der Waals surface area contributed by atoms with Gasteiger partial charge in [0, 0.05) is 18.2 Å². The molecular formula is C23H20ClF3N4OS. The van der Waals surface area contributed by atoms with Crippen LogP contribution in [0.25, 0.3) is 0 Å². The molecule has 1 heterocycles. The van der Waals surface area contributed by atoms with Gasteiger partial charge in [-0.2, -0.15) is 13.2 Å². The first-order valence-electron chi connectivity index (χ1n) is 10.2. The van der Waals surface area contributed by atoms with Gasteiger partial charge in [0.1, 0.15) is 11.1 Å². The summed E-state index contributed by atoms with van der Waals surface area (Å²) in [7, 11) is 0. The van der Waals surface area contributed by atoms with Crippen LogP contribution < -0.4 is 5.32 Å². The van der Waals surface area contributed by atoms with E-state index < -0.39 is 27.9 Å². The van der Waals surface area contributed by atoms with Gasteiger partial charge in [-0.25, -0.2) is 0 Å². The standard InChI is InChI=1S/C23H20ClF3N4OS/c1-2-12-31-20(15-8-9-15)29-30-22(31)33-19(14-6-4-3-5-7-14)21(32)28-16-10-11-18(24)17(13-16)23(25,26)27/h2-7,10-11,13,15,19H,1,8-9,12H2,(H,28,32). The van der Waals surface area contributed by atoms with E-state index >= 15 is 0 Å². The molecule has 1 atom stereocenters. The minimum atomic E-state index is -4.63. The first-order chi connectivity index (χ1) is 15.8. The van der Waals surface area contributed by atoms with Gasteiger partial charge in [0.15, 0.2) is 5.16 Å². The number of nitrogens with zero attached hydrogens (tertiary/aromatic N) is 3. The average molecular weight is 493 g/mol. The van der Waals surface area contributed by atoms with Crippen LogP contribution in [0.15, 0.2) is 66.3 Å². The zero-order valence-corrected chi connectivity index (χ0v) is 18.9. The molecule has 33 heavy (non-hydrogen) atoms. The molecular weight excluding hydrogens is 473 g/mol. The SMILES string of the molecule is C=CCn1c(SC(C(=O)Nc2ccc(Cl)c(C(F)(F)F)c2)c2ccccc2)nnc1C1CC1. The molecule has 4 rings (SSSR count). The number of halogens is 4. The molecule has 10 heteroatoms. The number of anilines is 1. The smallest absolute Gasteiger partial charge is 0.325 e. The van der Waals surface area contributed by atoms with E-state index in [0.717, 1.165) is 30.8 Å². The quantitative estimate of drug-likeness (QED) is 0.288. The lowest BCUT2D eigenvalue weighted by molar-refractivity contribution is -0.137. The van der Waals surface area contributed by atoms with Crippen LogP contribution in [0.2, 0.25) is 5.02 Å². The molecule has 1 unspecified atom stereocenters. The Morgan fingerprint density at radius 2 is 1.97 bits per heavy atom. The van der Waals surface area contributed by atoms with E-state index in [2.05, 4.69) is 22.1 Å². The van der Waals surface area contributed by atoms with Crippen LogP contribution in [0.4, 0.5) is 18.9 Å². The molecule has 0 spiro atoms. The van der Waals surface area contributed by atoms with Crippen molar-refractivity contribution in [1.82, 2.24) is 14.8 Å². The van der Waals surface area contributed by atoms with E-state index in [-0.39, 0.29) is 5.69 Å². The summed E-state index contributed by atoms with van der Waals surface area (Å²) < 4.78 is 41.7. The van der Waals surface area contributed by atoms with E-state index in [1.54, 1.807) is 30.3 Å². The second-order valence-corrected chi connectivity index (χ2v) is 9.08. The number of carbonyl (C=O) groups excluding carboxylic acids is 1. The van der Waals surface area contributed by atoms with Crippen molar-refractivity contribution in [2.24, 2.45) is 0 Å². The number of hydrogen-bond donors (Lipinski definition) is 1. The highest BCUT2D eigenvalue weighted by atomic mass is 35.5. The lowest BCUT2D eigenvalue weighted by Crippen LogP contribution is -2.20. The number of alkyl halides is 3. The zero-order valence-electron chi connectivity index (χ0n) is 17.3. The van der Waals surface area contributed by atoms with Gasteiger partial charge < -0.3 is 9.88 Å². The molecule has 172 valence electrons. The number of hydrogen-bond acceptors (Lipinski definition) is 4. The van der Waals surface area contributed by atoms with E-state index in [1.807, 2.05) is 10.6 Å². The molecule has 1 aliphatic carbocycles. The van der Waals surface area contributed by atoms with E-state index in [0.29, 0.717) is 23.2 Å². The van der Waals surface area contributed by atoms with Gasteiger partial charge in [-0.3, -0.25) is 4.79 Å². The predicted molar refractivity (Wildman–Crippen MR) is 122 cm³/mol. The maximum absolute atomic E-state index is 13.3. The van der Waals surface area contributed by atoms with Crippen molar-refractivity contribution < 1.29 is 18.0 Å². The molecule has 1 N–H and O–H groups in total. The molecule has 3 aromatic rings. The molecule has 0 radical (unpaired) electrons. The fourth-order valence-electron chi connectivity index (χ4n) is 3.37. The Kier molecular flexibility index (Phi) is 6.81. The van der Waals surface area contributed by atoms with Gasteiger partial charge in [0.05, 0.1) is 10.6 Å². The summed E-state index contributed by atoms with van der Waals surface area (Å²) in [6.45, 7) is 4.29. The summed E-state index contributed by atoms with van der Waals surface area (Å²) >= 11 is 6.90. The van der Waals surface area contributed by atoms with Crippen molar-refractivity contribution >= 4 is 35.0 Å². The molecule has 2 aromatic carbocycles. The summed E-state index contributed by atoms with van der Waals surface area (Å²) in [5.41, 5.74) is -0.318. The molecule has 0 aliphatic heterocycles. The second kappa shape index (κ2) is 9.61. The minimum absolute atomic E-state index is 0.00415. The highest BCUT2D eigenvalue weighted by Gasteiger charge is 2.34. The van der Waals surface area contributed by atoms with Gasteiger partial charge in [-0.1, -0.05) is 59.8 Å². The van der Waals surface area contributed by atoms with Crippen molar-refractivity contribution in [3.63, 3.8) is 0 Å². The van der Waals surface area contributed by atoms with Crippen LogP contribution in [0, 0.1) is 0 Å². The highest BCUT2D eigenvalue weighted by molar-refractivity contribution is 8.00. The number of carbonyl (C=O) groups is 1. The van der Waals surface area contributed by atoms with E-state index in [4.69, 9.17) is 11.6 Å². The van der Waals surface area contributed by atoms with Crippen LogP contribution in [-0.2, 0) is 17.5 Å². The third kappa shape index (κ3) is 5.42. The van der Waals surface area contributed by atoms with E-state index in [1.165, 1.54) is 17.8 Å². The fraction of sp³-hybridized carbons (Fsp3) is 0.261. The summed E-state index contributed by atoms with van der Waals surface area (Å²) in [4.78, 5) is 13.3. The Labute approximate surface area is 198 Å². The first kappa shape index (κ1) is 23.4. The number of amides is 1. The largest absolute Gasteiger partial charge is 0.417 e. The number of allylic oxidation sites excluding steroid dienone is 1. The van der Waals surface area contributed by atoms with E-state index in [9.17, 15) is 18.0 Å². The number of aromatic nitrogens is 3. The number of nitrogens with one attached hydrogen (secondary N) is 1. The summed E-state index contributed by atoms with van der Waals surface area (Å²) in [5, 5.41) is 10.5.